The summed E-state index contributed by atoms with van der Waals surface area (Å²) in [4.78, 5) is 11.3. The normalized spacial score (nSPS) is 17.1. The molecule has 0 saturated heterocycles. The zero-order valence-electron chi connectivity index (χ0n) is 11.8. The van der Waals surface area contributed by atoms with E-state index in [2.05, 4.69) is 12.2 Å². The first kappa shape index (κ1) is 14.8. The maximum absolute atomic E-state index is 11.3. The van der Waals surface area contributed by atoms with Gasteiger partial charge in [0.25, 0.3) is 0 Å². The van der Waals surface area contributed by atoms with Crippen molar-refractivity contribution in [1.82, 2.24) is 0 Å². The SMILES string of the molecule is CCCC(N)C(CO)Oc1ccc2c(c1)CCC(=O)N2. The van der Waals surface area contributed by atoms with Gasteiger partial charge in [-0.1, -0.05) is 13.3 Å². The molecule has 1 aliphatic rings. The molecule has 0 radical (unpaired) electrons. The number of ether oxygens (including phenoxy) is 1. The van der Waals surface area contributed by atoms with Crippen LogP contribution in [0.5, 0.6) is 5.75 Å². The van der Waals surface area contributed by atoms with Crippen LogP contribution < -0.4 is 15.8 Å². The summed E-state index contributed by atoms with van der Waals surface area (Å²) in [7, 11) is 0. The molecule has 0 bridgehead atoms. The Bertz CT molecular complexity index is 476. The minimum absolute atomic E-state index is 0.0457. The summed E-state index contributed by atoms with van der Waals surface area (Å²) in [6.45, 7) is 1.95. The molecule has 0 aromatic heterocycles. The lowest BCUT2D eigenvalue weighted by Gasteiger charge is -2.24. The fourth-order valence-corrected chi connectivity index (χ4v) is 2.39. The Balaban J connectivity index is 2.07. The maximum atomic E-state index is 11.3. The first-order chi connectivity index (χ1) is 9.63. The van der Waals surface area contributed by atoms with Crippen LogP contribution in [0.1, 0.15) is 31.7 Å². The molecule has 5 nitrogen and oxygen atoms in total. The molecular weight excluding hydrogens is 256 g/mol. The van der Waals surface area contributed by atoms with Crippen LogP contribution in [0.15, 0.2) is 18.2 Å². The molecule has 0 saturated carbocycles. The summed E-state index contributed by atoms with van der Waals surface area (Å²) < 4.78 is 5.78. The fraction of sp³-hybridized carbons (Fsp3) is 0.533. The number of hydrogen-bond donors (Lipinski definition) is 3. The van der Waals surface area contributed by atoms with Gasteiger partial charge >= 0.3 is 0 Å². The lowest BCUT2D eigenvalue weighted by molar-refractivity contribution is -0.116. The summed E-state index contributed by atoms with van der Waals surface area (Å²) in [5, 5.41) is 12.2. The van der Waals surface area contributed by atoms with Crippen LogP contribution in [0.25, 0.3) is 0 Å². The van der Waals surface area contributed by atoms with E-state index < -0.39 is 6.10 Å². The average Bonchev–Trinajstić information content (AvgIpc) is 2.45. The van der Waals surface area contributed by atoms with Gasteiger partial charge in [0.2, 0.25) is 5.91 Å². The number of amides is 1. The summed E-state index contributed by atoms with van der Waals surface area (Å²) in [6.07, 6.45) is 2.58. The van der Waals surface area contributed by atoms with E-state index in [9.17, 15) is 9.90 Å². The van der Waals surface area contributed by atoms with Gasteiger partial charge in [-0.15, -0.1) is 0 Å². The minimum atomic E-state index is -0.397. The molecule has 0 spiro atoms. The van der Waals surface area contributed by atoms with E-state index >= 15 is 0 Å². The van der Waals surface area contributed by atoms with Crippen LogP contribution in [0.4, 0.5) is 5.69 Å². The molecule has 2 rings (SSSR count). The predicted molar refractivity (Wildman–Crippen MR) is 77.8 cm³/mol. The first-order valence-corrected chi connectivity index (χ1v) is 7.10. The van der Waals surface area contributed by atoms with Crippen molar-refractivity contribution >= 4 is 11.6 Å². The monoisotopic (exact) mass is 278 g/mol. The molecular formula is C15H22N2O3. The van der Waals surface area contributed by atoms with Crippen molar-refractivity contribution in [3.63, 3.8) is 0 Å². The number of benzene rings is 1. The third-order valence-corrected chi connectivity index (χ3v) is 3.54. The molecule has 4 N–H and O–H groups in total. The van der Waals surface area contributed by atoms with Crippen molar-refractivity contribution in [3.8, 4) is 5.75 Å². The van der Waals surface area contributed by atoms with Crippen molar-refractivity contribution < 1.29 is 14.6 Å². The van der Waals surface area contributed by atoms with E-state index in [4.69, 9.17) is 10.5 Å². The number of fused-ring (bicyclic) bond motifs is 1. The zero-order chi connectivity index (χ0) is 14.5. The van der Waals surface area contributed by atoms with Crippen LogP contribution in [-0.4, -0.2) is 29.8 Å². The highest BCUT2D eigenvalue weighted by Gasteiger charge is 2.20. The lowest BCUT2D eigenvalue weighted by Crippen LogP contribution is -2.41. The molecule has 0 aliphatic carbocycles. The van der Waals surface area contributed by atoms with Gasteiger partial charge in [-0.05, 0) is 36.6 Å². The van der Waals surface area contributed by atoms with E-state index in [0.717, 1.165) is 24.1 Å². The van der Waals surface area contributed by atoms with Crippen molar-refractivity contribution in [2.45, 2.75) is 44.8 Å². The first-order valence-electron chi connectivity index (χ1n) is 7.10. The van der Waals surface area contributed by atoms with Gasteiger partial charge in [0.1, 0.15) is 11.9 Å². The van der Waals surface area contributed by atoms with Gasteiger partial charge in [0, 0.05) is 18.2 Å². The quantitative estimate of drug-likeness (QED) is 0.735. The van der Waals surface area contributed by atoms with Crippen molar-refractivity contribution in [2.75, 3.05) is 11.9 Å². The predicted octanol–water partition coefficient (Wildman–Crippen LogP) is 1.44. The Morgan fingerprint density at radius 2 is 2.25 bits per heavy atom. The van der Waals surface area contributed by atoms with Crippen LogP contribution in [0, 0.1) is 0 Å². The third kappa shape index (κ3) is 3.49. The lowest BCUT2D eigenvalue weighted by atomic mass is 10.0. The summed E-state index contributed by atoms with van der Waals surface area (Å²) in [5.41, 5.74) is 7.90. The van der Waals surface area contributed by atoms with Gasteiger partial charge in [-0.25, -0.2) is 0 Å². The number of aliphatic hydroxyl groups is 1. The highest BCUT2D eigenvalue weighted by Crippen LogP contribution is 2.27. The number of nitrogens with one attached hydrogen (secondary N) is 1. The second-order valence-electron chi connectivity index (χ2n) is 5.16. The van der Waals surface area contributed by atoms with Crippen molar-refractivity contribution in [2.24, 2.45) is 5.73 Å². The zero-order valence-corrected chi connectivity index (χ0v) is 11.8. The van der Waals surface area contributed by atoms with Gasteiger partial charge in [-0.2, -0.15) is 0 Å². The standard InChI is InChI=1S/C15H22N2O3/c1-2-3-12(16)14(9-18)20-11-5-6-13-10(8-11)4-7-15(19)17-13/h5-6,8,12,14,18H,2-4,7,9,16H2,1H3,(H,17,19). The van der Waals surface area contributed by atoms with E-state index in [1.807, 2.05) is 12.1 Å². The number of aryl methyl sites for hydroxylation is 1. The van der Waals surface area contributed by atoms with Gasteiger partial charge in [-0.3, -0.25) is 4.79 Å². The topological polar surface area (TPSA) is 84.6 Å². The second-order valence-corrected chi connectivity index (χ2v) is 5.16. The Kier molecular flexibility index (Phi) is 4.98. The van der Waals surface area contributed by atoms with Gasteiger partial charge in [0.15, 0.2) is 0 Å². The highest BCUT2D eigenvalue weighted by atomic mass is 16.5. The molecule has 0 fully saturated rings. The van der Waals surface area contributed by atoms with E-state index in [0.29, 0.717) is 18.6 Å². The van der Waals surface area contributed by atoms with Crippen LogP contribution in [0.2, 0.25) is 0 Å². The fourth-order valence-electron chi connectivity index (χ4n) is 2.39. The highest BCUT2D eigenvalue weighted by molar-refractivity contribution is 5.93. The molecule has 1 aromatic carbocycles. The Morgan fingerprint density at radius 3 is 2.95 bits per heavy atom. The molecule has 1 aromatic rings. The number of carbonyl (C=O) groups excluding carboxylic acids is 1. The third-order valence-electron chi connectivity index (χ3n) is 3.54. The molecule has 5 heteroatoms. The maximum Gasteiger partial charge on any atom is 0.224 e. The Labute approximate surface area is 119 Å². The molecule has 1 heterocycles. The molecule has 2 unspecified atom stereocenters. The minimum Gasteiger partial charge on any atom is -0.486 e. The number of aliphatic hydroxyl groups excluding tert-OH is 1. The summed E-state index contributed by atoms with van der Waals surface area (Å²) in [5.74, 6) is 0.731. The van der Waals surface area contributed by atoms with Crippen LogP contribution in [0.3, 0.4) is 0 Å². The van der Waals surface area contributed by atoms with Crippen LogP contribution >= 0.6 is 0 Å². The smallest absolute Gasteiger partial charge is 0.224 e. The number of hydrogen-bond acceptors (Lipinski definition) is 4. The Morgan fingerprint density at radius 1 is 1.45 bits per heavy atom. The number of anilines is 1. The van der Waals surface area contributed by atoms with E-state index in [-0.39, 0.29) is 18.6 Å². The largest absolute Gasteiger partial charge is 0.486 e. The summed E-state index contributed by atoms with van der Waals surface area (Å²) >= 11 is 0. The van der Waals surface area contributed by atoms with Crippen molar-refractivity contribution in [1.29, 1.82) is 0 Å². The van der Waals surface area contributed by atoms with Gasteiger partial charge < -0.3 is 20.9 Å². The van der Waals surface area contributed by atoms with Crippen LogP contribution in [-0.2, 0) is 11.2 Å². The Hall–Kier alpha value is -1.59. The van der Waals surface area contributed by atoms with E-state index in [1.54, 1.807) is 6.07 Å². The van der Waals surface area contributed by atoms with Crippen molar-refractivity contribution in [3.05, 3.63) is 23.8 Å². The second kappa shape index (κ2) is 6.72. The summed E-state index contributed by atoms with van der Waals surface area (Å²) in [6, 6.07) is 5.37. The molecule has 1 amide bonds. The molecule has 20 heavy (non-hydrogen) atoms. The molecule has 1 aliphatic heterocycles. The number of nitrogens with two attached hydrogens (primary N) is 1. The average molecular weight is 278 g/mol. The van der Waals surface area contributed by atoms with E-state index in [1.165, 1.54) is 0 Å². The van der Waals surface area contributed by atoms with Gasteiger partial charge in [0.05, 0.1) is 6.61 Å². The molecule has 2 atom stereocenters. The molecule has 110 valence electrons. The number of rotatable bonds is 6. The number of carbonyl (C=O) groups is 1.